The van der Waals surface area contributed by atoms with Gasteiger partial charge in [0.15, 0.2) is 0 Å². The van der Waals surface area contributed by atoms with E-state index < -0.39 is 46.7 Å². The zero-order valence-electron chi connectivity index (χ0n) is 10.2. The zero-order chi connectivity index (χ0) is 15.6. The summed E-state index contributed by atoms with van der Waals surface area (Å²) in [4.78, 5) is 12.1. The van der Waals surface area contributed by atoms with Crippen LogP contribution in [0.5, 0.6) is 5.75 Å². The molecule has 0 saturated carbocycles. The van der Waals surface area contributed by atoms with Crippen molar-refractivity contribution in [1.82, 2.24) is 0 Å². The van der Waals surface area contributed by atoms with Gasteiger partial charge in [-0.2, -0.15) is 8.78 Å². The Morgan fingerprint density at radius 3 is 2.14 bits per heavy atom. The third-order valence-corrected chi connectivity index (χ3v) is 2.58. The van der Waals surface area contributed by atoms with Gasteiger partial charge in [0.05, 0.1) is 11.1 Å². The molecule has 0 saturated heterocycles. The number of alkyl halides is 2. The fourth-order valence-corrected chi connectivity index (χ4v) is 1.75. The highest BCUT2D eigenvalue weighted by atomic mass is 19.3. The van der Waals surface area contributed by atoms with Crippen LogP contribution < -0.4 is 4.74 Å². The van der Waals surface area contributed by atoms with Crippen molar-refractivity contribution < 1.29 is 31.5 Å². The Labute approximate surface area is 115 Å². The summed E-state index contributed by atoms with van der Waals surface area (Å²) in [6.07, 6.45) is 0. The molecule has 0 unspecified atom stereocenters. The van der Waals surface area contributed by atoms with Gasteiger partial charge < -0.3 is 4.74 Å². The van der Waals surface area contributed by atoms with Gasteiger partial charge in [-0.05, 0) is 12.1 Å². The first kappa shape index (κ1) is 15.0. The fourth-order valence-electron chi connectivity index (χ4n) is 1.75. The van der Waals surface area contributed by atoms with Crippen molar-refractivity contribution in [2.24, 2.45) is 0 Å². The molecule has 0 spiro atoms. The van der Waals surface area contributed by atoms with Crippen LogP contribution in [0.1, 0.15) is 15.9 Å². The van der Waals surface area contributed by atoms with Crippen molar-refractivity contribution in [3.05, 3.63) is 65.0 Å². The molecular formula is C14H7F5O2. The Balaban J connectivity index is 2.51. The van der Waals surface area contributed by atoms with Crippen LogP contribution in [0.2, 0.25) is 0 Å². The Hall–Kier alpha value is -2.44. The maximum atomic E-state index is 13.6. The summed E-state index contributed by atoms with van der Waals surface area (Å²) >= 11 is 0. The molecule has 0 aliphatic rings. The van der Waals surface area contributed by atoms with Crippen LogP contribution in [0.4, 0.5) is 22.0 Å². The molecule has 0 radical (unpaired) electrons. The van der Waals surface area contributed by atoms with Crippen LogP contribution >= 0.6 is 0 Å². The van der Waals surface area contributed by atoms with Crippen LogP contribution in [-0.4, -0.2) is 12.4 Å². The largest absolute Gasteiger partial charge is 0.434 e. The van der Waals surface area contributed by atoms with Gasteiger partial charge in [-0.3, -0.25) is 4.79 Å². The Morgan fingerprint density at radius 2 is 1.57 bits per heavy atom. The van der Waals surface area contributed by atoms with Crippen LogP contribution in [0, 0.1) is 17.5 Å². The topological polar surface area (TPSA) is 26.3 Å². The number of rotatable bonds is 4. The summed E-state index contributed by atoms with van der Waals surface area (Å²) in [5.41, 5.74) is -1.50. The minimum atomic E-state index is -3.21. The first-order valence-electron chi connectivity index (χ1n) is 5.63. The van der Waals surface area contributed by atoms with Gasteiger partial charge in [0.25, 0.3) is 0 Å². The minimum Gasteiger partial charge on any atom is -0.434 e. The van der Waals surface area contributed by atoms with E-state index in [0.717, 1.165) is 12.1 Å². The highest BCUT2D eigenvalue weighted by molar-refractivity contribution is 6.11. The number of ether oxygens (including phenoxy) is 1. The number of benzene rings is 2. The molecule has 2 nitrogen and oxygen atoms in total. The highest BCUT2D eigenvalue weighted by Gasteiger charge is 2.23. The summed E-state index contributed by atoms with van der Waals surface area (Å²) in [5, 5.41) is 0. The second-order valence-electron chi connectivity index (χ2n) is 3.95. The molecule has 2 aromatic rings. The van der Waals surface area contributed by atoms with E-state index in [0.29, 0.717) is 12.1 Å². The Morgan fingerprint density at radius 1 is 1.00 bits per heavy atom. The van der Waals surface area contributed by atoms with Crippen molar-refractivity contribution in [2.45, 2.75) is 6.61 Å². The second-order valence-corrected chi connectivity index (χ2v) is 3.95. The molecule has 0 bridgehead atoms. The first-order valence-corrected chi connectivity index (χ1v) is 5.63. The third kappa shape index (κ3) is 3.18. The standard InChI is InChI=1S/C14H7F5O2/c15-7-5-9(16)12(10(17)6-7)13(20)8-3-1-2-4-11(8)21-14(18)19/h1-6,14H. The predicted octanol–water partition coefficient (Wildman–Crippen LogP) is 3.94. The zero-order valence-corrected chi connectivity index (χ0v) is 10.2. The molecule has 0 amide bonds. The smallest absolute Gasteiger partial charge is 0.387 e. The van der Waals surface area contributed by atoms with Gasteiger partial charge in [-0.1, -0.05) is 12.1 Å². The lowest BCUT2D eigenvalue weighted by Crippen LogP contribution is -2.12. The first-order chi connectivity index (χ1) is 9.90. The maximum Gasteiger partial charge on any atom is 0.387 e. The summed E-state index contributed by atoms with van der Waals surface area (Å²) in [7, 11) is 0. The van der Waals surface area contributed by atoms with Gasteiger partial charge in [-0.15, -0.1) is 0 Å². The van der Waals surface area contributed by atoms with Gasteiger partial charge in [0.1, 0.15) is 23.2 Å². The summed E-state index contributed by atoms with van der Waals surface area (Å²) in [6, 6.07) is 5.40. The lowest BCUT2D eigenvalue weighted by atomic mass is 10.0. The van der Waals surface area contributed by atoms with Crippen molar-refractivity contribution in [3.63, 3.8) is 0 Å². The number of carbonyl (C=O) groups excluding carboxylic acids is 1. The molecule has 0 aliphatic heterocycles. The lowest BCUT2D eigenvalue weighted by molar-refractivity contribution is -0.0501. The minimum absolute atomic E-state index is 0.326. The molecule has 0 N–H and O–H groups in total. The molecule has 0 fully saturated rings. The molecule has 2 rings (SSSR count). The highest BCUT2D eigenvalue weighted by Crippen LogP contribution is 2.26. The number of carbonyl (C=O) groups is 1. The van der Waals surface area contributed by atoms with Crippen LogP contribution in [0.25, 0.3) is 0 Å². The van der Waals surface area contributed by atoms with Crippen molar-refractivity contribution in [3.8, 4) is 5.75 Å². The van der Waals surface area contributed by atoms with E-state index in [4.69, 9.17) is 0 Å². The maximum absolute atomic E-state index is 13.6. The normalized spacial score (nSPS) is 10.8. The third-order valence-electron chi connectivity index (χ3n) is 2.58. The quantitative estimate of drug-likeness (QED) is 0.632. The van der Waals surface area contributed by atoms with E-state index in [9.17, 15) is 26.7 Å². The van der Waals surface area contributed by atoms with Gasteiger partial charge in [0.2, 0.25) is 5.78 Å². The average Bonchev–Trinajstić information content (AvgIpc) is 2.37. The predicted molar refractivity (Wildman–Crippen MR) is 62.8 cm³/mol. The van der Waals surface area contributed by atoms with E-state index in [2.05, 4.69) is 4.74 Å². The van der Waals surface area contributed by atoms with E-state index in [1.165, 1.54) is 12.1 Å². The Bertz CT molecular complexity index is 662. The molecule has 110 valence electrons. The van der Waals surface area contributed by atoms with Crippen LogP contribution in [-0.2, 0) is 0 Å². The molecule has 0 aromatic heterocycles. The molecule has 2 aromatic carbocycles. The van der Waals surface area contributed by atoms with E-state index in [1.807, 2.05) is 0 Å². The monoisotopic (exact) mass is 302 g/mol. The summed E-state index contributed by atoms with van der Waals surface area (Å²) in [5.74, 6) is -5.80. The van der Waals surface area contributed by atoms with Crippen LogP contribution in [0.3, 0.4) is 0 Å². The SMILES string of the molecule is O=C(c1ccccc1OC(F)F)c1c(F)cc(F)cc1F. The molecule has 0 aliphatic carbocycles. The van der Waals surface area contributed by atoms with E-state index in [-0.39, 0.29) is 0 Å². The van der Waals surface area contributed by atoms with E-state index in [1.54, 1.807) is 0 Å². The Kier molecular flexibility index (Phi) is 4.21. The second kappa shape index (κ2) is 5.90. The van der Waals surface area contributed by atoms with E-state index >= 15 is 0 Å². The number of hydrogen-bond acceptors (Lipinski definition) is 2. The van der Waals surface area contributed by atoms with Crippen molar-refractivity contribution >= 4 is 5.78 Å². The summed E-state index contributed by atoms with van der Waals surface area (Å²) < 4.78 is 68.5. The molecule has 21 heavy (non-hydrogen) atoms. The van der Waals surface area contributed by atoms with Gasteiger partial charge in [0, 0.05) is 12.1 Å². The van der Waals surface area contributed by atoms with Crippen molar-refractivity contribution in [1.29, 1.82) is 0 Å². The average molecular weight is 302 g/mol. The fraction of sp³-hybridized carbons (Fsp3) is 0.0714. The number of para-hydroxylation sites is 1. The molecule has 0 atom stereocenters. The summed E-state index contributed by atoms with van der Waals surface area (Å²) in [6.45, 7) is -3.21. The molecule has 0 heterocycles. The number of halogens is 5. The molecule has 7 heteroatoms. The van der Waals surface area contributed by atoms with Gasteiger partial charge >= 0.3 is 6.61 Å². The number of ketones is 1. The van der Waals surface area contributed by atoms with Crippen LogP contribution in [0.15, 0.2) is 36.4 Å². The number of hydrogen-bond donors (Lipinski definition) is 0. The van der Waals surface area contributed by atoms with Gasteiger partial charge in [-0.25, -0.2) is 13.2 Å². The lowest BCUT2D eigenvalue weighted by Gasteiger charge is -2.10. The van der Waals surface area contributed by atoms with Crippen molar-refractivity contribution in [2.75, 3.05) is 0 Å². The molecular weight excluding hydrogens is 295 g/mol.